The Hall–Kier alpha value is 0.320. The monoisotopic (exact) mass is 261 g/mol. The largest absolute Gasteiger partial charge is 0.379 e. The molecule has 0 aliphatic carbocycles. The molecule has 0 saturated carbocycles. The predicted molar refractivity (Wildman–Crippen MR) is 75.1 cm³/mol. The van der Waals surface area contributed by atoms with E-state index in [0.717, 1.165) is 36.9 Å². The lowest BCUT2D eigenvalue weighted by atomic mass is 10.3. The average Bonchev–Trinajstić information content (AvgIpc) is 2.63. The molecule has 0 atom stereocenters. The smallest absolute Gasteiger partial charge is 0.112 e. The van der Waals surface area contributed by atoms with Crippen LogP contribution in [-0.2, 0) is 4.74 Å². The van der Waals surface area contributed by atoms with Crippen LogP contribution in [0.15, 0.2) is 0 Å². The summed E-state index contributed by atoms with van der Waals surface area (Å²) >= 11 is 7.14. The van der Waals surface area contributed by atoms with E-state index in [2.05, 4.69) is 11.8 Å². The Morgan fingerprint density at radius 3 is 2.80 bits per heavy atom. The van der Waals surface area contributed by atoms with Crippen molar-refractivity contribution in [3.05, 3.63) is 0 Å². The minimum Gasteiger partial charge on any atom is -0.379 e. The van der Waals surface area contributed by atoms with Crippen LogP contribution < -0.4 is 0 Å². The molecular formula is C10H15NOS3. The molecule has 0 radical (unpaired) electrons. The highest BCUT2D eigenvalue weighted by atomic mass is 32.2. The first-order valence-corrected chi connectivity index (χ1v) is 7.31. The van der Waals surface area contributed by atoms with Crippen molar-refractivity contribution in [2.75, 3.05) is 26.3 Å². The van der Waals surface area contributed by atoms with Gasteiger partial charge in [-0.2, -0.15) is 0 Å². The highest BCUT2D eigenvalue weighted by Crippen LogP contribution is 2.24. The molecule has 2 nitrogen and oxygen atoms in total. The molecule has 2 heterocycles. The molecule has 1 fully saturated rings. The fourth-order valence-electron chi connectivity index (χ4n) is 1.56. The molecule has 0 unspecified atom stereocenters. The molecule has 15 heavy (non-hydrogen) atoms. The van der Waals surface area contributed by atoms with Gasteiger partial charge in [-0.3, -0.25) is 4.90 Å². The fourth-order valence-corrected chi connectivity index (χ4v) is 4.75. The molecule has 1 saturated heterocycles. The molecule has 84 valence electrons. The zero-order valence-electron chi connectivity index (χ0n) is 8.82. The predicted octanol–water partition coefficient (Wildman–Crippen LogP) is 2.19. The van der Waals surface area contributed by atoms with Gasteiger partial charge in [0.15, 0.2) is 0 Å². The Morgan fingerprint density at radius 1 is 1.40 bits per heavy atom. The van der Waals surface area contributed by atoms with Crippen LogP contribution in [-0.4, -0.2) is 44.6 Å². The van der Waals surface area contributed by atoms with Gasteiger partial charge in [-0.05, 0) is 6.42 Å². The Bertz CT molecular complexity index is 328. The van der Waals surface area contributed by atoms with Gasteiger partial charge in [0.1, 0.15) is 4.32 Å². The van der Waals surface area contributed by atoms with E-state index in [0.29, 0.717) is 0 Å². The van der Waals surface area contributed by atoms with Gasteiger partial charge < -0.3 is 4.74 Å². The summed E-state index contributed by atoms with van der Waals surface area (Å²) < 4.78 is 7.80. The maximum absolute atomic E-state index is 5.38. The molecule has 0 aromatic rings. The van der Waals surface area contributed by atoms with Crippen LogP contribution in [0.25, 0.3) is 0 Å². The van der Waals surface area contributed by atoms with Crippen molar-refractivity contribution in [3.63, 3.8) is 0 Å². The van der Waals surface area contributed by atoms with E-state index < -0.39 is 0 Å². The van der Waals surface area contributed by atoms with Crippen molar-refractivity contribution in [2.45, 2.75) is 19.8 Å². The van der Waals surface area contributed by atoms with Crippen molar-refractivity contribution < 1.29 is 4.74 Å². The van der Waals surface area contributed by atoms with Crippen LogP contribution in [0.2, 0.25) is 0 Å². The fraction of sp³-hybridized carbons (Fsp3) is 0.700. The minimum absolute atomic E-state index is 0.848. The van der Waals surface area contributed by atoms with Crippen molar-refractivity contribution >= 4 is 48.3 Å². The first-order valence-electron chi connectivity index (χ1n) is 5.26. The third-order valence-corrected chi connectivity index (χ3v) is 5.57. The summed E-state index contributed by atoms with van der Waals surface area (Å²) in [5.41, 5.74) is 0. The van der Waals surface area contributed by atoms with Gasteiger partial charge in [-0.15, -0.1) is 10.9 Å². The molecule has 0 amide bonds. The van der Waals surface area contributed by atoms with E-state index in [1.807, 2.05) is 10.9 Å². The zero-order chi connectivity index (χ0) is 10.7. The number of morpholine rings is 1. The topological polar surface area (TPSA) is 12.5 Å². The molecule has 0 bridgehead atoms. The summed E-state index contributed by atoms with van der Waals surface area (Å²) in [5, 5.41) is 0. The second-order valence-corrected chi connectivity index (χ2v) is 6.54. The summed E-state index contributed by atoms with van der Waals surface area (Å²) in [7, 11) is 1.88. The van der Waals surface area contributed by atoms with Crippen molar-refractivity contribution in [1.29, 1.82) is 0 Å². The Balaban J connectivity index is 2.08. The van der Waals surface area contributed by atoms with Crippen LogP contribution in [0.1, 0.15) is 19.8 Å². The maximum atomic E-state index is 5.38. The summed E-state index contributed by atoms with van der Waals surface area (Å²) in [4.78, 5) is 3.78. The number of hydrogen-bond donors (Lipinski definition) is 0. The van der Waals surface area contributed by atoms with Gasteiger partial charge in [0, 0.05) is 18.0 Å². The number of ether oxygens (including phenoxy) is 1. The quantitative estimate of drug-likeness (QED) is 0.706. The number of thiocarbonyl (C=S) groups is 1. The lowest BCUT2D eigenvalue weighted by Crippen LogP contribution is -2.38. The second-order valence-electron chi connectivity index (χ2n) is 3.53. The molecule has 0 aromatic carbocycles. The van der Waals surface area contributed by atoms with Crippen LogP contribution in [0, 0.1) is 0 Å². The van der Waals surface area contributed by atoms with E-state index in [9.17, 15) is 0 Å². The van der Waals surface area contributed by atoms with E-state index in [1.165, 1.54) is 15.6 Å². The molecule has 2 aliphatic heterocycles. The minimum atomic E-state index is 0.848. The number of nitrogens with zero attached hydrogens (tertiary/aromatic N) is 1. The van der Waals surface area contributed by atoms with Crippen LogP contribution in [0.5, 0.6) is 0 Å². The molecule has 0 spiro atoms. The van der Waals surface area contributed by atoms with E-state index >= 15 is 0 Å². The van der Waals surface area contributed by atoms with Crippen LogP contribution >= 0.6 is 34.9 Å². The molecule has 2 rings (SSSR count). The van der Waals surface area contributed by atoms with Gasteiger partial charge >= 0.3 is 0 Å². The summed E-state index contributed by atoms with van der Waals surface area (Å²) in [6, 6.07) is 0. The summed E-state index contributed by atoms with van der Waals surface area (Å²) in [6.07, 6.45) is 2.31. The van der Waals surface area contributed by atoms with Gasteiger partial charge in [0.2, 0.25) is 0 Å². The summed E-state index contributed by atoms with van der Waals surface area (Å²) in [6.45, 7) is 5.92. The molecule has 0 N–H and O–H groups in total. The standard InChI is InChI=1S/C10H15NOS3/c1-2-3-8-9(13)15-10(14-8)11-4-6-12-7-5-11/h2-7H2,1H3. The zero-order valence-corrected chi connectivity index (χ0v) is 11.3. The second kappa shape index (κ2) is 5.59. The first kappa shape index (κ1) is 11.8. The Kier molecular flexibility index (Phi) is 4.40. The molecule has 2 aliphatic rings. The first-order chi connectivity index (χ1) is 7.31. The normalized spacial score (nSPS) is 23.4. The Labute approximate surface area is 104 Å². The molecule has 5 heteroatoms. The highest BCUT2D eigenvalue weighted by Gasteiger charge is 2.22. The van der Waals surface area contributed by atoms with Crippen LogP contribution in [0.4, 0.5) is 0 Å². The van der Waals surface area contributed by atoms with Crippen molar-refractivity contribution in [3.8, 4) is 0 Å². The number of thioether (sulfide) groups is 1. The van der Waals surface area contributed by atoms with Crippen LogP contribution in [0.3, 0.4) is 0 Å². The van der Waals surface area contributed by atoms with Crippen molar-refractivity contribution in [1.82, 2.24) is 4.90 Å². The highest BCUT2D eigenvalue weighted by molar-refractivity contribution is 8.46. The number of hydrogen-bond acceptors (Lipinski definition) is 4. The van der Waals surface area contributed by atoms with E-state index in [-0.39, 0.29) is 0 Å². The number of rotatable bonds is 2. The van der Waals surface area contributed by atoms with Gasteiger partial charge in [-0.1, -0.05) is 37.3 Å². The van der Waals surface area contributed by atoms with Gasteiger partial charge in [0.25, 0.3) is 0 Å². The molecule has 0 aromatic heterocycles. The van der Waals surface area contributed by atoms with Crippen molar-refractivity contribution in [2.24, 2.45) is 0 Å². The van der Waals surface area contributed by atoms with Gasteiger partial charge in [-0.25, -0.2) is 0 Å². The molecular weight excluding hydrogens is 246 g/mol. The lowest BCUT2D eigenvalue weighted by Gasteiger charge is -2.25. The lowest BCUT2D eigenvalue weighted by molar-refractivity contribution is 0.0703. The Morgan fingerprint density at radius 2 is 2.13 bits per heavy atom. The third kappa shape index (κ3) is 2.91. The van der Waals surface area contributed by atoms with E-state index in [4.69, 9.17) is 17.0 Å². The average molecular weight is 261 g/mol. The summed E-state index contributed by atoms with van der Waals surface area (Å²) in [5.74, 6) is 0. The van der Waals surface area contributed by atoms with E-state index in [1.54, 1.807) is 11.8 Å². The maximum Gasteiger partial charge on any atom is 0.112 e. The van der Waals surface area contributed by atoms with Gasteiger partial charge in [0.05, 0.1) is 17.4 Å². The third-order valence-electron chi connectivity index (χ3n) is 2.36. The SMILES string of the molecule is CCCC1=S=C(N2CCOCC2)SC1=S.